The maximum absolute atomic E-state index is 10.6. The van der Waals surface area contributed by atoms with Crippen LogP contribution in [0, 0.1) is 0 Å². The number of nitrogens with two attached hydrogens (primary N) is 1. The number of nitrogens with zero attached hydrogens (tertiary/aromatic N) is 1. The first kappa shape index (κ1) is 28.7. The number of likely N-dealkylation sites (tertiary alicyclic amines) is 1. The normalized spacial score (nSPS) is 17.2. The Kier molecular flexibility index (Phi) is 16.2. The van der Waals surface area contributed by atoms with Crippen molar-refractivity contribution in [3.63, 3.8) is 0 Å². The molecule has 1 fully saturated rings. The predicted octanol–water partition coefficient (Wildman–Crippen LogP) is 6.06. The first-order valence-corrected chi connectivity index (χ1v) is 11.4. The first-order valence-electron chi connectivity index (χ1n) is 11.4. The first-order chi connectivity index (χ1) is 13.2. The number of hydrogen-bond donors (Lipinski definition) is 2. The number of hydrogen-bond acceptors (Lipinski definition) is 3. The maximum Gasteiger partial charge on any atom is 0.107 e. The maximum atomic E-state index is 10.6. The van der Waals surface area contributed by atoms with Gasteiger partial charge in [0, 0.05) is 25.0 Å². The molecule has 0 amide bonds. The summed E-state index contributed by atoms with van der Waals surface area (Å²) >= 11 is 0. The fourth-order valence-corrected chi connectivity index (χ4v) is 4.47. The van der Waals surface area contributed by atoms with Crippen molar-refractivity contribution in [2.75, 3.05) is 19.6 Å². The van der Waals surface area contributed by atoms with Crippen LogP contribution in [0.15, 0.2) is 30.3 Å². The molecule has 1 aromatic rings. The van der Waals surface area contributed by atoms with Crippen LogP contribution in [0.4, 0.5) is 0 Å². The average Bonchev–Trinajstić information content (AvgIpc) is 2.73. The van der Waals surface area contributed by atoms with Crippen LogP contribution in [-0.4, -0.2) is 35.9 Å². The highest BCUT2D eigenvalue weighted by molar-refractivity contribution is 5.85. The number of aliphatic hydroxyl groups excluding tert-OH is 1. The minimum absolute atomic E-state index is 0. The summed E-state index contributed by atoms with van der Waals surface area (Å²) in [5.74, 6) is 0. The van der Waals surface area contributed by atoms with Crippen molar-refractivity contribution in [1.82, 2.24) is 4.90 Å². The summed E-state index contributed by atoms with van der Waals surface area (Å²) in [6.07, 6.45) is 14.7. The number of halogens is 2. The molecule has 1 heterocycles. The molecule has 0 aliphatic carbocycles. The van der Waals surface area contributed by atoms with Crippen molar-refractivity contribution in [1.29, 1.82) is 0 Å². The van der Waals surface area contributed by atoms with Crippen LogP contribution in [0.1, 0.15) is 89.5 Å². The molecule has 1 aromatic carbocycles. The van der Waals surface area contributed by atoms with Crippen molar-refractivity contribution < 1.29 is 5.11 Å². The van der Waals surface area contributed by atoms with Crippen molar-refractivity contribution in [2.24, 2.45) is 5.73 Å². The Morgan fingerprint density at radius 1 is 0.897 bits per heavy atom. The zero-order chi connectivity index (χ0) is 19.4. The Bertz CT molecular complexity index is 493. The fourth-order valence-electron chi connectivity index (χ4n) is 4.47. The minimum Gasteiger partial charge on any atom is -0.378 e. The van der Waals surface area contributed by atoms with Gasteiger partial charge in [-0.05, 0) is 31.2 Å². The third-order valence-corrected chi connectivity index (χ3v) is 6.52. The molecule has 0 spiro atoms. The van der Waals surface area contributed by atoms with Gasteiger partial charge in [-0.1, -0.05) is 88.6 Å². The number of benzene rings is 1. The summed E-state index contributed by atoms with van der Waals surface area (Å²) < 4.78 is 0. The quantitative estimate of drug-likeness (QED) is 0.361. The lowest BCUT2D eigenvalue weighted by Crippen LogP contribution is -2.49. The Balaban J connectivity index is 0.00000392. The van der Waals surface area contributed by atoms with E-state index in [9.17, 15) is 5.11 Å². The smallest absolute Gasteiger partial charge is 0.107 e. The van der Waals surface area contributed by atoms with Crippen molar-refractivity contribution in [3.05, 3.63) is 35.9 Å². The summed E-state index contributed by atoms with van der Waals surface area (Å²) in [6.45, 7) is 4.86. The Morgan fingerprint density at radius 3 is 1.93 bits per heavy atom. The molecule has 0 saturated carbocycles. The third-order valence-electron chi connectivity index (χ3n) is 6.52. The highest BCUT2D eigenvalue weighted by atomic mass is 35.5. The molecule has 0 bridgehead atoms. The van der Waals surface area contributed by atoms with E-state index in [4.69, 9.17) is 5.73 Å². The van der Waals surface area contributed by atoms with Crippen LogP contribution >= 0.6 is 24.8 Å². The summed E-state index contributed by atoms with van der Waals surface area (Å²) in [4.78, 5) is 2.27. The topological polar surface area (TPSA) is 49.5 Å². The molecule has 1 saturated heterocycles. The SMILES string of the molecule is CCCCCCCCCCCC(O)N1CCC(CN)(c2ccccc2)CC1.Cl.Cl. The van der Waals surface area contributed by atoms with E-state index in [0.29, 0.717) is 6.54 Å². The Labute approximate surface area is 191 Å². The molecule has 3 nitrogen and oxygen atoms in total. The van der Waals surface area contributed by atoms with Crippen LogP contribution < -0.4 is 5.73 Å². The second kappa shape index (κ2) is 16.4. The summed E-state index contributed by atoms with van der Waals surface area (Å²) in [5.41, 5.74) is 7.63. The lowest BCUT2D eigenvalue weighted by atomic mass is 9.73. The van der Waals surface area contributed by atoms with Gasteiger partial charge in [-0.3, -0.25) is 4.90 Å². The molecular weight excluding hydrogens is 403 g/mol. The van der Waals surface area contributed by atoms with Crippen molar-refractivity contribution >= 4 is 24.8 Å². The van der Waals surface area contributed by atoms with Gasteiger partial charge in [0.25, 0.3) is 0 Å². The van der Waals surface area contributed by atoms with Crippen molar-refractivity contribution in [3.8, 4) is 0 Å². The summed E-state index contributed by atoms with van der Waals surface area (Å²) in [6, 6.07) is 10.7. The van der Waals surface area contributed by atoms with E-state index in [2.05, 4.69) is 42.2 Å². The second-order valence-corrected chi connectivity index (χ2v) is 8.48. The Morgan fingerprint density at radius 2 is 1.41 bits per heavy atom. The van der Waals surface area contributed by atoms with Gasteiger partial charge in [0.05, 0.1) is 0 Å². The minimum atomic E-state index is -0.277. The molecule has 0 aromatic heterocycles. The molecule has 1 atom stereocenters. The summed E-state index contributed by atoms with van der Waals surface area (Å²) in [5, 5.41) is 10.6. The Hall–Kier alpha value is -0.320. The van der Waals surface area contributed by atoms with E-state index < -0.39 is 0 Å². The van der Waals surface area contributed by atoms with Gasteiger partial charge in [0.15, 0.2) is 0 Å². The lowest BCUT2D eigenvalue weighted by Gasteiger charge is -2.43. The number of aliphatic hydroxyl groups is 1. The summed E-state index contributed by atoms with van der Waals surface area (Å²) in [7, 11) is 0. The van der Waals surface area contributed by atoms with Gasteiger partial charge in [-0.15, -0.1) is 24.8 Å². The molecule has 1 unspecified atom stereocenters. The van der Waals surface area contributed by atoms with Crippen LogP contribution in [-0.2, 0) is 5.41 Å². The third kappa shape index (κ3) is 9.57. The molecule has 5 heteroatoms. The second-order valence-electron chi connectivity index (χ2n) is 8.48. The zero-order valence-electron chi connectivity index (χ0n) is 18.4. The van der Waals surface area contributed by atoms with E-state index in [1.165, 1.54) is 56.9 Å². The largest absolute Gasteiger partial charge is 0.378 e. The van der Waals surface area contributed by atoms with Gasteiger partial charge < -0.3 is 10.8 Å². The van der Waals surface area contributed by atoms with Gasteiger partial charge >= 0.3 is 0 Å². The van der Waals surface area contributed by atoms with Crippen LogP contribution in [0.5, 0.6) is 0 Å². The van der Waals surface area contributed by atoms with Crippen LogP contribution in [0.3, 0.4) is 0 Å². The van der Waals surface area contributed by atoms with E-state index in [-0.39, 0.29) is 36.5 Å². The molecular formula is C24H44Cl2N2O. The number of rotatable bonds is 13. The monoisotopic (exact) mass is 446 g/mol. The zero-order valence-corrected chi connectivity index (χ0v) is 20.0. The van der Waals surface area contributed by atoms with Gasteiger partial charge in [0.2, 0.25) is 0 Å². The highest BCUT2D eigenvalue weighted by Crippen LogP contribution is 2.35. The standard InChI is InChI=1S/C24H42N2O.2ClH/c1-2-3-4-5-6-7-8-9-13-16-23(27)26-19-17-24(21-25,18-20-26)22-14-11-10-12-15-22;;/h10-12,14-15,23,27H,2-9,13,16-21,25H2,1H3;2*1H. The van der Waals surface area contributed by atoms with Crippen LogP contribution in [0.25, 0.3) is 0 Å². The van der Waals surface area contributed by atoms with Gasteiger partial charge in [0.1, 0.15) is 6.23 Å². The average molecular weight is 448 g/mol. The molecule has 0 radical (unpaired) electrons. The highest BCUT2D eigenvalue weighted by Gasteiger charge is 2.36. The lowest BCUT2D eigenvalue weighted by molar-refractivity contribution is -0.0272. The molecule has 3 N–H and O–H groups in total. The van der Waals surface area contributed by atoms with Crippen LogP contribution in [0.2, 0.25) is 0 Å². The predicted molar refractivity (Wildman–Crippen MR) is 130 cm³/mol. The molecule has 29 heavy (non-hydrogen) atoms. The van der Waals surface area contributed by atoms with E-state index in [1.54, 1.807) is 0 Å². The van der Waals surface area contributed by atoms with E-state index in [1.807, 2.05) is 0 Å². The fraction of sp³-hybridized carbons (Fsp3) is 0.750. The molecule has 1 aliphatic heterocycles. The molecule has 170 valence electrons. The molecule has 1 aliphatic rings. The van der Waals surface area contributed by atoms with E-state index in [0.717, 1.165) is 38.8 Å². The van der Waals surface area contributed by atoms with Gasteiger partial charge in [-0.2, -0.15) is 0 Å². The van der Waals surface area contributed by atoms with Crippen molar-refractivity contribution in [2.45, 2.75) is 95.6 Å². The molecule has 2 rings (SSSR count). The number of unbranched alkanes of at least 4 members (excludes halogenated alkanes) is 8. The van der Waals surface area contributed by atoms with E-state index >= 15 is 0 Å². The van der Waals surface area contributed by atoms with Gasteiger partial charge in [-0.25, -0.2) is 0 Å². The number of piperidine rings is 1.